The molecule has 84 valence electrons. The Hall–Kier alpha value is -0.730. The lowest BCUT2D eigenvalue weighted by Gasteiger charge is -2.24. The molecule has 0 aromatic rings. The van der Waals surface area contributed by atoms with Gasteiger partial charge in [-0.3, -0.25) is 4.79 Å². The van der Waals surface area contributed by atoms with E-state index in [0.29, 0.717) is 0 Å². The second-order valence-electron chi connectivity index (χ2n) is 2.73. The van der Waals surface area contributed by atoms with Gasteiger partial charge >= 0.3 is 0 Å². The summed E-state index contributed by atoms with van der Waals surface area (Å²) in [5.74, 6) is 0. The average Bonchev–Trinajstić information content (AvgIpc) is 2.22. The van der Waals surface area contributed by atoms with Gasteiger partial charge in [0.1, 0.15) is 31.0 Å². The SMILES string of the molecule is O=COC[C@@H](O)[C@H](O)[C@@H](O)[C@@H](O)CO. The van der Waals surface area contributed by atoms with Crippen molar-refractivity contribution in [3.05, 3.63) is 0 Å². The van der Waals surface area contributed by atoms with E-state index in [1.807, 2.05) is 0 Å². The Morgan fingerprint density at radius 1 is 1.07 bits per heavy atom. The molecule has 0 aliphatic carbocycles. The molecule has 4 atom stereocenters. The molecule has 0 aliphatic heterocycles. The van der Waals surface area contributed by atoms with Gasteiger partial charge in [0.25, 0.3) is 6.47 Å². The zero-order valence-electron chi connectivity index (χ0n) is 7.35. The predicted octanol–water partition coefficient (Wildman–Crippen LogP) is -3.40. The Morgan fingerprint density at radius 2 is 1.57 bits per heavy atom. The number of carbonyl (C=O) groups is 1. The summed E-state index contributed by atoms with van der Waals surface area (Å²) in [6.45, 7) is -1.18. The predicted molar refractivity (Wildman–Crippen MR) is 43.1 cm³/mol. The minimum Gasteiger partial charge on any atom is -0.465 e. The minimum atomic E-state index is -1.70. The summed E-state index contributed by atoms with van der Waals surface area (Å²) in [4.78, 5) is 9.72. The maximum atomic E-state index is 9.72. The number of hydrogen-bond acceptors (Lipinski definition) is 7. The van der Waals surface area contributed by atoms with E-state index in [2.05, 4.69) is 4.74 Å². The molecule has 7 heteroatoms. The number of carbonyl (C=O) groups excluding carboxylic acids is 1. The third-order valence-electron chi connectivity index (χ3n) is 1.66. The van der Waals surface area contributed by atoms with E-state index in [0.717, 1.165) is 0 Å². The molecule has 0 spiro atoms. The molecule has 0 fully saturated rings. The molecular weight excluding hydrogens is 196 g/mol. The van der Waals surface area contributed by atoms with Gasteiger partial charge in [0.05, 0.1) is 6.61 Å². The fourth-order valence-corrected chi connectivity index (χ4v) is 0.800. The van der Waals surface area contributed by atoms with Crippen molar-refractivity contribution in [3.8, 4) is 0 Å². The van der Waals surface area contributed by atoms with Crippen LogP contribution in [-0.2, 0) is 9.53 Å². The minimum absolute atomic E-state index is 0.0742. The van der Waals surface area contributed by atoms with Gasteiger partial charge in [-0.25, -0.2) is 0 Å². The topological polar surface area (TPSA) is 127 Å². The van der Waals surface area contributed by atoms with E-state index in [1.165, 1.54) is 0 Å². The van der Waals surface area contributed by atoms with E-state index < -0.39 is 37.6 Å². The van der Waals surface area contributed by atoms with Crippen molar-refractivity contribution in [1.82, 2.24) is 0 Å². The summed E-state index contributed by atoms with van der Waals surface area (Å²) >= 11 is 0. The Labute approximate surface area is 80.2 Å². The second-order valence-corrected chi connectivity index (χ2v) is 2.73. The van der Waals surface area contributed by atoms with E-state index in [-0.39, 0.29) is 6.47 Å². The lowest BCUT2D eigenvalue weighted by Crippen LogP contribution is -2.47. The van der Waals surface area contributed by atoms with Crippen LogP contribution in [0.5, 0.6) is 0 Å². The summed E-state index contributed by atoms with van der Waals surface area (Å²) < 4.78 is 4.13. The fourth-order valence-electron chi connectivity index (χ4n) is 0.800. The Kier molecular flexibility index (Phi) is 6.34. The molecule has 0 radical (unpaired) electrons. The Bertz CT molecular complexity index is 162. The molecule has 0 saturated heterocycles. The van der Waals surface area contributed by atoms with Crippen molar-refractivity contribution in [2.24, 2.45) is 0 Å². The summed E-state index contributed by atoms with van der Waals surface area (Å²) in [7, 11) is 0. The number of hydrogen-bond donors (Lipinski definition) is 5. The molecule has 7 nitrogen and oxygen atoms in total. The van der Waals surface area contributed by atoms with E-state index in [9.17, 15) is 4.79 Å². The van der Waals surface area contributed by atoms with Crippen LogP contribution in [0.15, 0.2) is 0 Å². The highest BCUT2D eigenvalue weighted by Crippen LogP contribution is 2.05. The van der Waals surface area contributed by atoms with Gasteiger partial charge < -0.3 is 30.3 Å². The highest BCUT2D eigenvalue weighted by Gasteiger charge is 2.30. The van der Waals surface area contributed by atoms with Crippen LogP contribution in [0.4, 0.5) is 0 Å². The van der Waals surface area contributed by atoms with Gasteiger partial charge in [-0.2, -0.15) is 0 Å². The molecule has 0 amide bonds. The third-order valence-corrected chi connectivity index (χ3v) is 1.66. The highest BCUT2D eigenvalue weighted by molar-refractivity contribution is 5.36. The molecule has 0 heterocycles. The van der Waals surface area contributed by atoms with Gasteiger partial charge in [-0.15, -0.1) is 0 Å². The molecule has 0 aromatic heterocycles. The maximum absolute atomic E-state index is 9.72. The van der Waals surface area contributed by atoms with Crippen molar-refractivity contribution in [3.63, 3.8) is 0 Å². The monoisotopic (exact) mass is 210 g/mol. The van der Waals surface area contributed by atoms with E-state index >= 15 is 0 Å². The van der Waals surface area contributed by atoms with Crippen LogP contribution in [0.2, 0.25) is 0 Å². The normalized spacial score (nSPS) is 19.5. The molecule has 0 aliphatic rings. The van der Waals surface area contributed by atoms with E-state index in [1.54, 1.807) is 0 Å². The first kappa shape index (κ1) is 13.3. The van der Waals surface area contributed by atoms with Crippen LogP contribution >= 0.6 is 0 Å². The first-order valence-corrected chi connectivity index (χ1v) is 3.93. The Balaban J connectivity index is 4.01. The Morgan fingerprint density at radius 3 is 2.00 bits per heavy atom. The first-order valence-electron chi connectivity index (χ1n) is 3.93. The molecule has 0 aromatic carbocycles. The lowest BCUT2D eigenvalue weighted by atomic mass is 10.0. The van der Waals surface area contributed by atoms with Crippen molar-refractivity contribution in [2.75, 3.05) is 13.2 Å². The van der Waals surface area contributed by atoms with Crippen LogP contribution in [0.1, 0.15) is 0 Å². The largest absolute Gasteiger partial charge is 0.465 e. The van der Waals surface area contributed by atoms with Gasteiger partial charge in [0, 0.05) is 0 Å². The second kappa shape index (κ2) is 6.68. The summed E-state index contributed by atoms with van der Waals surface area (Å²) in [6.07, 6.45) is -6.48. The van der Waals surface area contributed by atoms with Gasteiger partial charge in [-0.1, -0.05) is 0 Å². The lowest BCUT2D eigenvalue weighted by molar-refractivity contribution is -0.144. The first-order chi connectivity index (χ1) is 6.54. The number of rotatable bonds is 7. The molecule has 5 N–H and O–H groups in total. The molecule has 0 bridgehead atoms. The molecule has 0 saturated carbocycles. The fraction of sp³-hybridized carbons (Fsp3) is 0.857. The summed E-state index contributed by atoms with van der Waals surface area (Å²) in [5, 5.41) is 44.6. The third kappa shape index (κ3) is 3.99. The van der Waals surface area contributed by atoms with Gasteiger partial charge in [0.15, 0.2) is 0 Å². The van der Waals surface area contributed by atoms with Gasteiger partial charge in [-0.05, 0) is 0 Å². The molecular formula is C7H14O7. The smallest absolute Gasteiger partial charge is 0.293 e. The van der Waals surface area contributed by atoms with Gasteiger partial charge in [0.2, 0.25) is 0 Å². The number of aliphatic hydroxyl groups is 5. The standard InChI is InChI=1S/C7H14O7/c8-1-4(10)6(12)7(13)5(11)2-14-3-9/h3-8,10-13H,1-2H2/t4-,5+,6-,7-/m0/s1. The van der Waals surface area contributed by atoms with Crippen LogP contribution in [0.25, 0.3) is 0 Å². The zero-order chi connectivity index (χ0) is 11.1. The molecule has 0 unspecified atom stereocenters. The zero-order valence-corrected chi connectivity index (χ0v) is 7.35. The number of aliphatic hydroxyl groups excluding tert-OH is 5. The van der Waals surface area contributed by atoms with Crippen molar-refractivity contribution in [2.45, 2.75) is 24.4 Å². The molecule has 14 heavy (non-hydrogen) atoms. The van der Waals surface area contributed by atoms with Crippen molar-refractivity contribution >= 4 is 6.47 Å². The van der Waals surface area contributed by atoms with Crippen LogP contribution < -0.4 is 0 Å². The quantitative estimate of drug-likeness (QED) is 0.277. The van der Waals surface area contributed by atoms with Crippen molar-refractivity contribution < 1.29 is 35.1 Å². The summed E-state index contributed by atoms with van der Waals surface area (Å²) in [6, 6.07) is 0. The maximum Gasteiger partial charge on any atom is 0.293 e. The molecule has 0 rings (SSSR count). The average molecular weight is 210 g/mol. The van der Waals surface area contributed by atoms with Crippen LogP contribution in [-0.4, -0.2) is 69.6 Å². The van der Waals surface area contributed by atoms with Crippen LogP contribution in [0.3, 0.4) is 0 Å². The van der Waals surface area contributed by atoms with Crippen molar-refractivity contribution in [1.29, 1.82) is 0 Å². The summed E-state index contributed by atoms with van der Waals surface area (Å²) in [5.41, 5.74) is 0. The highest BCUT2D eigenvalue weighted by atomic mass is 16.5. The number of ether oxygens (including phenoxy) is 1. The van der Waals surface area contributed by atoms with Crippen LogP contribution in [0, 0.1) is 0 Å². The van der Waals surface area contributed by atoms with E-state index in [4.69, 9.17) is 25.5 Å².